The molecule has 0 saturated carbocycles. The Morgan fingerprint density at radius 2 is 2.10 bits per heavy atom. The highest BCUT2D eigenvalue weighted by atomic mass is 32.2. The summed E-state index contributed by atoms with van der Waals surface area (Å²) in [6.45, 7) is 4.20. The molecule has 1 aromatic carbocycles. The van der Waals surface area contributed by atoms with Gasteiger partial charge in [0.15, 0.2) is 0 Å². The molecule has 0 bridgehead atoms. The Hall–Kier alpha value is -1.70. The number of aromatic nitrogens is 2. The van der Waals surface area contributed by atoms with E-state index in [1.165, 1.54) is 6.07 Å². The molecule has 0 saturated heterocycles. The van der Waals surface area contributed by atoms with Crippen molar-refractivity contribution >= 4 is 10.0 Å². The van der Waals surface area contributed by atoms with Gasteiger partial charge in [-0.1, -0.05) is 6.07 Å². The fraction of sp³-hybridized carbons (Fsp3) is 0.357. The molecule has 0 aliphatic carbocycles. The van der Waals surface area contributed by atoms with Crippen LogP contribution >= 0.6 is 0 Å². The first-order valence-corrected chi connectivity index (χ1v) is 8.09. The zero-order valence-electron chi connectivity index (χ0n) is 12.1. The largest absolute Gasteiger partial charge is 0.392 e. The van der Waals surface area contributed by atoms with Gasteiger partial charge in [-0.05, 0) is 36.6 Å². The highest BCUT2D eigenvalue weighted by Crippen LogP contribution is 2.21. The number of nitrogens with zero attached hydrogens (tertiary/aromatic N) is 2. The summed E-state index contributed by atoms with van der Waals surface area (Å²) in [4.78, 5) is 4.12. The molecule has 7 heteroatoms. The molecule has 2 rings (SSSR count). The molecule has 0 aliphatic heterocycles. The predicted molar refractivity (Wildman–Crippen MR) is 79.3 cm³/mol. The second kappa shape index (κ2) is 6.38. The Kier molecular flexibility index (Phi) is 4.76. The topological polar surface area (TPSA) is 84.2 Å². The number of aliphatic hydroxyl groups is 1. The lowest BCUT2D eigenvalue weighted by Crippen LogP contribution is -2.28. The van der Waals surface area contributed by atoms with Crippen molar-refractivity contribution in [2.45, 2.75) is 31.9 Å². The molecule has 0 radical (unpaired) electrons. The third-order valence-electron chi connectivity index (χ3n) is 3.37. The normalized spacial score (nSPS) is 11.8. The lowest BCUT2D eigenvalue weighted by Gasteiger charge is -2.13. The van der Waals surface area contributed by atoms with Crippen molar-refractivity contribution in [3.8, 4) is 0 Å². The molecule has 114 valence electrons. The van der Waals surface area contributed by atoms with Crippen LogP contribution in [-0.2, 0) is 23.2 Å². The number of imidazole rings is 1. The summed E-state index contributed by atoms with van der Waals surface area (Å²) in [5.74, 6) is 0. The van der Waals surface area contributed by atoms with Gasteiger partial charge in [-0.15, -0.1) is 0 Å². The summed E-state index contributed by atoms with van der Waals surface area (Å²) < 4.78 is 29.1. The van der Waals surface area contributed by atoms with Crippen LogP contribution in [0.5, 0.6) is 0 Å². The zero-order chi connectivity index (χ0) is 15.5. The Morgan fingerprint density at radius 1 is 1.33 bits per heavy atom. The van der Waals surface area contributed by atoms with E-state index in [0.717, 1.165) is 5.56 Å². The minimum Gasteiger partial charge on any atom is -0.392 e. The van der Waals surface area contributed by atoms with Crippen molar-refractivity contribution in [1.82, 2.24) is 14.3 Å². The number of aryl methyl sites for hydroxylation is 1. The van der Waals surface area contributed by atoms with E-state index in [9.17, 15) is 13.5 Å². The molecule has 21 heavy (non-hydrogen) atoms. The van der Waals surface area contributed by atoms with Gasteiger partial charge in [-0.2, -0.15) is 0 Å². The van der Waals surface area contributed by atoms with Gasteiger partial charge in [0, 0.05) is 25.5 Å². The summed E-state index contributed by atoms with van der Waals surface area (Å²) in [6, 6.07) is 3.31. The Balaban J connectivity index is 2.17. The maximum absolute atomic E-state index is 12.4. The van der Waals surface area contributed by atoms with E-state index in [0.29, 0.717) is 17.7 Å². The maximum Gasteiger partial charge on any atom is 0.240 e. The molecular formula is C14H19N3O3S. The Labute approximate surface area is 124 Å². The number of hydrogen-bond acceptors (Lipinski definition) is 4. The summed E-state index contributed by atoms with van der Waals surface area (Å²) >= 11 is 0. The number of sulfonamides is 1. The molecule has 0 fully saturated rings. The van der Waals surface area contributed by atoms with Crippen LogP contribution in [0.3, 0.4) is 0 Å². The first kappa shape index (κ1) is 15.7. The molecule has 0 spiro atoms. The fourth-order valence-electron chi connectivity index (χ4n) is 2.08. The van der Waals surface area contributed by atoms with Crippen LogP contribution < -0.4 is 4.72 Å². The van der Waals surface area contributed by atoms with Gasteiger partial charge < -0.3 is 9.67 Å². The van der Waals surface area contributed by atoms with Gasteiger partial charge in [0.25, 0.3) is 0 Å². The quantitative estimate of drug-likeness (QED) is 0.833. The van der Waals surface area contributed by atoms with Gasteiger partial charge in [-0.25, -0.2) is 18.1 Å². The van der Waals surface area contributed by atoms with Crippen LogP contribution in [0.1, 0.15) is 16.7 Å². The van der Waals surface area contributed by atoms with Crippen molar-refractivity contribution in [2.24, 2.45) is 0 Å². The monoisotopic (exact) mass is 309 g/mol. The van der Waals surface area contributed by atoms with Gasteiger partial charge in [0.2, 0.25) is 10.0 Å². The van der Waals surface area contributed by atoms with E-state index < -0.39 is 10.0 Å². The standard InChI is InChI=1S/C14H19N3O3S/c1-11-7-13(9-18)8-14(12(11)2)21(19,20)16-4-6-17-5-3-15-10-17/h3,5,7-8,10,16,18H,4,6,9H2,1-2H3. The Bertz CT molecular complexity index is 709. The van der Waals surface area contributed by atoms with Crippen LogP contribution in [0.2, 0.25) is 0 Å². The van der Waals surface area contributed by atoms with E-state index in [4.69, 9.17) is 0 Å². The lowest BCUT2D eigenvalue weighted by molar-refractivity contribution is 0.281. The number of benzene rings is 1. The molecule has 6 nitrogen and oxygen atoms in total. The minimum absolute atomic E-state index is 0.182. The van der Waals surface area contributed by atoms with Crippen molar-refractivity contribution < 1.29 is 13.5 Å². The van der Waals surface area contributed by atoms with Crippen LogP contribution in [0.25, 0.3) is 0 Å². The third-order valence-corrected chi connectivity index (χ3v) is 4.96. The fourth-order valence-corrected chi connectivity index (χ4v) is 3.46. The molecule has 1 aromatic heterocycles. The zero-order valence-corrected chi connectivity index (χ0v) is 12.9. The molecular weight excluding hydrogens is 290 g/mol. The molecule has 2 N–H and O–H groups in total. The van der Waals surface area contributed by atoms with Crippen LogP contribution in [-0.4, -0.2) is 29.6 Å². The number of rotatable bonds is 6. The minimum atomic E-state index is -3.59. The van der Waals surface area contributed by atoms with Crippen LogP contribution in [0.4, 0.5) is 0 Å². The maximum atomic E-state index is 12.4. The second-order valence-corrected chi connectivity index (χ2v) is 6.63. The average Bonchev–Trinajstić information content (AvgIpc) is 2.94. The first-order chi connectivity index (χ1) is 9.94. The highest BCUT2D eigenvalue weighted by molar-refractivity contribution is 7.89. The number of aliphatic hydroxyl groups excluding tert-OH is 1. The second-order valence-electron chi connectivity index (χ2n) is 4.89. The van der Waals surface area contributed by atoms with Gasteiger partial charge in [0.05, 0.1) is 17.8 Å². The first-order valence-electron chi connectivity index (χ1n) is 6.60. The smallest absolute Gasteiger partial charge is 0.240 e. The summed E-state index contributed by atoms with van der Waals surface area (Å²) in [7, 11) is -3.59. The summed E-state index contributed by atoms with van der Waals surface area (Å²) in [5, 5.41) is 9.22. The van der Waals surface area contributed by atoms with Crippen molar-refractivity contribution in [1.29, 1.82) is 0 Å². The van der Waals surface area contributed by atoms with Crippen LogP contribution in [0.15, 0.2) is 35.7 Å². The number of hydrogen-bond donors (Lipinski definition) is 2. The van der Waals surface area contributed by atoms with E-state index in [-0.39, 0.29) is 18.0 Å². The predicted octanol–water partition coefficient (Wildman–Crippen LogP) is 0.971. The molecule has 2 aromatic rings. The van der Waals surface area contributed by atoms with Gasteiger partial charge >= 0.3 is 0 Å². The van der Waals surface area contributed by atoms with Crippen molar-refractivity contribution in [2.75, 3.05) is 6.54 Å². The molecule has 0 atom stereocenters. The van der Waals surface area contributed by atoms with Crippen molar-refractivity contribution in [3.05, 3.63) is 47.5 Å². The highest BCUT2D eigenvalue weighted by Gasteiger charge is 2.18. The van der Waals surface area contributed by atoms with E-state index >= 15 is 0 Å². The summed E-state index contributed by atoms with van der Waals surface area (Å²) in [5.41, 5.74) is 2.13. The Morgan fingerprint density at radius 3 is 2.71 bits per heavy atom. The van der Waals surface area contributed by atoms with Gasteiger partial charge in [-0.3, -0.25) is 0 Å². The molecule has 0 unspecified atom stereocenters. The molecule has 0 aliphatic rings. The van der Waals surface area contributed by atoms with Crippen molar-refractivity contribution in [3.63, 3.8) is 0 Å². The molecule has 0 amide bonds. The summed E-state index contributed by atoms with van der Waals surface area (Å²) in [6.07, 6.45) is 5.05. The SMILES string of the molecule is Cc1cc(CO)cc(S(=O)(=O)NCCn2ccnc2)c1C. The van der Waals surface area contributed by atoms with E-state index in [1.807, 2.05) is 6.92 Å². The van der Waals surface area contributed by atoms with E-state index in [2.05, 4.69) is 9.71 Å². The third kappa shape index (κ3) is 3.69. The van der Waals surface area contributed by atoms with E-state index in [1.54, 1.807) is 36.3 Å². The average molecular weight is 309 g/mol. The lowest BCUT2D eigenvalue weighted by atomic mass is 10.1. The number of nitrogens with one attached hydrogen (secondary N) is 1. The molecule has 1 heterocycles. The van der Waals surface area contributed by atoms with Gasteiger partial charge in [0.1, 0.15) is 0 Å². The van der Waals surface area contributed by atoms with Crippen LogP contribution in [0, 0.1) is 13.8 Å².